The lowest BCUT2D eigenvalue weighted by atomic mass is 10.1. The number of hydrogen-bond acceptors (Lipinski definition) is 4. The Labute approximate surface area is 191 Å². The molecule has 0 spiro atoms. The Morgan fingerprint density at radius 2 is 1.23 bits per heavy atom. The van der Waals surface area contributed by atoms with Crippen LogP contribution in [-0.2, 0) is 14.3 Å². The fourth-order valence-electron chi connectivity index (χ4n) is 3.10. The predicted molar refractivity (Wildman–Crippen MR) is 130 cm³/mol. The molecule has 0 unspecified atom stereocenters. The first-order valence-corrected chi connectivity index (χ1v) is 12.5. The minimum Gasteiger partial charge on any atom is -0.434 e. The molecule has 0 saturated carbocycles. The monoisotopic (exact) mass is 434 g/mol. The van der Waals surface area contributed by atoms with Gasteiger partial charge in [-0.25, -0.2) is 4.79 Å². The van der Waals surface area contributed by atoms with Crippen molar-refractivity contribution in [2.75, 3.05) is 6.61 Å². The Morgan fingerprint density at radius 3 is 1.94 bits per heavy atom. The van der Waals surface area contributed by atoms with E-state index in [0.29, 0.717) is 6.61 Å². The zero-order chi connectivity index (χ0) is 22.8. The van der Waals surface area contributed by atoms with E-state index in [1.165, 1.54) is 25.7 Å². The molecule has 4 heteroatoms. The lowest BCUT2D eigenvalue weighted by molar-refractivity contribution is -0.139. The van der Waals surface area contributed by atoms with Crippen molar-refractivity contribution in [1.82, 2.24) is 0 Å². The highest BCUT2D eigenvalue weighted by Gasteiger charge is 2.11. The minimum absolute atomic E-state index is 0.284. The molecule has 0 N–H and O–H groups in total. The standard InChI is InChI=1S/C27H46O4/c1-3-5-7-9-11-12-13-14-15-16-17-18-19-20-22-24-26(28)31-27(29)30-25-23-21-10-8-6-4-2/h5,7,11-12,14-15H,3-4,6,8-10,13,16-25H2,1-2H3/b7-5-,12-11-,15-14-. The Kier molecular flexibility index (Phi) is 23.0. The highest BCUT2D eigenvalue weighted by atomic mass is 16.7. The first-order valence-electron chi connectivity index (χ1n) is 12.5. The summed E-state index contributed by atoms with van der Waals surface area (Å²) in [7, 11) is 0. The molecule has 0 aliphatic carbocycles. The SMILES string of the molecule is CC/C=C\C/C=C\C/C=C\CCCCCCCC(=O)OC(=O)OCCCCCCCC. The van der Waals surface area contributed by atoms with Crippen LogP contribution < -0.4 is 0 Å². The third-order valence-corrected chi connectivity index (χ3v) is 4.95. The van der Waals surface area contributed by atoms with E-state index >= 15 is 0 Å². The van der Waals surface area contributed by atoms with Crippen molar-refractivity contribution in [2.24, 2.45) is 0 Å². The second-order valence-corrected chi connectivity index (χ2v) is 7.94. The van der Waals surface area contributed by atoms with E-state index in [1.807, 2.05) is 0 Å². The van der Waals surface area contributed by atoms with Gasteiger partial charge in [-0.15, -0.1) is 0 Å². The van der Waals surface area contributed by atoms with E-state index < -0.39 is 12.1 Å². The molecule has 0 aliphatic heterocycles. The predicted octanol–water partition coefficient (Wildman–Crippen LogP) is 8.62. The molecule has 4 nitrogen and oxygen atoms in total. The summed E-state index contributed by atoms with van der Waals surface area (Å²) in [5, 5.41) is 0. The molecule has 0 bridgehead atoms. The fourth-order valence-corrected chi connectivity index (χ4v) is 3.10. The van der Waals surface area contributed by atoms with Crippen molar-refractivity contribution >= 4 is 12.1 Å². The number of hydrogen-bond donors (Lipinski definition) is 0. The first kappa shape index (κ1) is 29.2. The van der Waals surface area contributed by atoms with E-state index in [-0.39, 0.29) is 6.42 Å². The van der Waals surface area contributed by atoms with Crippen LogP contribution in [0.5, 0.6) is 0 Å². The molecule has 31 heavy (non-hydrogen) atoms. The molecule has 178 valence electrons. The Bertz CT molecular complexity index is 505. The van der Waals surface area contributed by atoms with Gasteiger partial charge in [0.15, 0.2) is 0 Å². The van der Waals surface area contributed by atoms with Crippen LogP contribution in [0.15, 0.2) is 36.5 Å². The molecular formula is C27H46O4. The number of rotatable bonds is 20. The van der Waals surface area contributed by atoms with Crippen LogP contribution >= 0.6 is 0 Å². The van der Waals surface area contributed by atoms with Crippen molar-refractivity contribution in [1.29, 1.82) is 0 Å². The topological polar surface area (TPSA) is 52.6 Å². The van der Waals surface area contributed by atoms with Crippen molar-refractivity contribution < 1.29 is 19.1 Å². The van der Waals surface area contributed by atoms with Crippen LogP contribution in [0.4, 0.5) is 4.79 Å². The van der Waals surface area contributed by atoms with E-state index in [0.717, 1.165) is 70.6 Å². The van der Waals surface area contributed by atoms with Gasteiger partial charge in [0.05, 0.1) is 6.61 Å². The maximum absolute atomic E-state index is 11.7. The molecule has 0 fully saturated rings. The van der Waals surface area contributed by atoms with Crippen LogP contribution in [0.2, 0.25) is 0 Å². The van der Waals surface area contributed by atoms with Gasteiger partial charge in [-0.3, -0.25) is 4.79 Å². The molecule has 0 atom stereocenters. The summed E-state index contributed by atoms with van der Waals surface area (Å²) in [6.45, 7) is 4.66. The van der Waals surface area contributed by atoms with Gasteiger partial charge in [0, 0.05) is 6.42 Å². The molecular weight excluding hydrogens is 388 g/mol. The van der Waals surface area contributed by atoms with Crippen LogP contribution in [0.3, 0.4) is 0 Å². The summed E-state index contributed by atoms with van der Waals surface area (Å²) in [5.74, 6) is -0.478. The summed E-state index contributed by atoms with van der Waals surface area (Å²) < 4.78 is 9.65. The van der Waals surface area contributed by atoms with Gasteiger partial charge in [0.2, 0.25) is 0 Å². The van der Waals surface area contributed by atoms with Crippen molar-refractivity contribution in [3.05, 3.63) is 36.5 Å². The number of esters is 1. The van der Waals surface area contributed by atoms with Gasteiger partial charge < -0.3 is 9.47 Å². The van der Waals surface area contributed by atoms with Gasteiger partial charge >= 0.3 is 12.1 Å². The second kappa shape index (κ2) is 24.4. The van der Waals surface area contributed by atoms with Crippen LogP contribution in [0.1, 0.15) is 117 Å². The molecule has 0 aromatic carbocycles. The zero-order valence-electron chi connectivity index (χ0n) is 20.1. The quantitative estimate of drug-likeness (QED) is 0.0832. The minimum atomic E-state index is -0.849. The number of unbranched alkanes of at least 4 members (excludes halogenated alkanes) is 10. The highest BCUT2D eigenvalue weighted by molar-refractivity contribution is 5.81. The lowest BCUT2D eigenvalue weighted by Gasteiger charge is -2.05. The number of carbonyl (C=O) groups excluding carboxylic acids is 2. The van der Waals surface area contributed by atoms with E-state index in [2.05, 4.69) is 50.3 Å². The summed E-state index contributed by atoms with van der Waals surface area (Å²) in [4.78, 5) is 23.1. The van der Waals surface area contributed by atoms with E-state index in [9.17, 15) is 9.59 Å². The Morgan fingerprint density at radius 1 is 0.645 bits per heavy atom. The molecule has 0 aromatic heterocycles. The molecule has 0 heterocycles. The van der Waals surface area contributed by atoms with Gasteiger partial charge in [-0.1, -0.05) is 102 Å². The fraction of sp³-hybridized carbons (Fsp3) is 0.704. The van der Waals surface area contributed by atoms with Gasteiger partial charge in [-0.2, -0.15) is 0 Å². The summed E-state index contributed by atoms with van der Waals surface area (Å²) in [5.41, 5.74) is 0. The van der Waals surface area contributed by atoms with Crippen molar-refractivity contribution in [3.63, 3.8) is 0 Å². The Hall–Kier alpha value is -1.84. The maximum atomic E-state index is 11.7. The molecule has 0 rings (SSSR count). The summed E-state index contributed by atoms with van der Waals surface area (Å²) >= 11 is 0. The van der Waals surface area contributed by atoms with Gasteiger partial charge in [-0.05, 0) is 44.9 Å². The summed E-state index contributed by atoms with van der Waals surface area (Å²) in [6, 6.07) is 0. The molecule has 0 amide bonds. The molecule has 0 saturated heterocycles. The van der Waals surface area contributed by atoms with Crippen molar-refractivity contribution in [2.45, 2.75) is 117 Å². The second-order valence-electron chi connectivity index (χ2n) is 7.94. The van der Waals surface area contributed by atoms with Gasteiger partial charge in [0.25, 0.3) is 0 Å². The molecule has 0 aromatic rings. The van der Waals surface area contributed by atoms with E-state index in [4.69, 9.17) is 9.47 Å². The van der Waals surface area contributed by atoms with Crippen LogP contribution in [0.25, 0.3) is 0 Å². The largest absolute Gasteiger partial charge is 0.516 e. The van der Waals surface area contributed by atoms with Crippen LogP contribution in [0, 0.1) is 0 Å². The third kappa shape index (κ3) is 24.3. The summed E-state index contributed by atoms with van der Waals surface area (Å²) in [6.07, 6.45) is 28.9. The average molecular weight is 435 g/mol. The maximum Gasteiger partial charge on any atom is 0.516 e. The van der Waals surface area contributed by atoms with Crippen LogP contribution in [-0.4, -0.2) is 18.7 Å². The smallest absolute Gasteiger partial charge is 0.434 e. The highest BCUT2D eigenvalue weighted by Crippen LogP contribution is 2.09. The third-order valence-electron chi connectivity index (χ3n) is 4.95. The molecule has 0 aliphatic rings. The first-order chi connectivity index (χ1) is 15.2. The zero-order valence-corrected chi connectivity index (χ0v) is 20.1. The lowest BCUT2D eigenvalue weighted by Crippen LogP contribution is -2.14. The number of carbonyl (C=O) groups is 2. The van der Waals surface area contributed by atoms with E-state index in [1.54, 1.807) is 0 Å². The normalized spacial score (nSPS) is 11.7. The molecule has 0 radical (unpaired) electrons. The Balaban J connectivity index is 3.42. The van der Waals surface area contributed by atoms with Crippen molar-refractivity contribution in [3.8, 4) is 0 Å². The van der Waals surface area contributed by atoms with Gasteiger partial charge in [0.1, 0.15) is 0 Å². The number of allylic oxidation sites excluding steroid dienone is 6. The average Bonchev–Trinajstić information content (AvgIpc) is 2.75. The number of ether oxygens (including phenoxy) is 2.